The van der Waals surface area contributed by atoms with Gasteiger partial charge in [0.15, 0.2) is 10.8 Å². The van der Waals surface area contributed by atoms with Gasteiger partial charge in [-0.25, -0.2) is 18.7 Å². The third-order valence-electron chi connectivity index (χ3n) is 6.39. The van der Waals surface area contributed by atoms with E-state index in [0.717, 1.165) is 23.2 Å². The molecule has 0 unspecified atom stereocenters. The van der Waals surface area contributed by atoms with Crippen LogP contribution in [-0.4, -0.2) is 45.4 Å². The summed E-state index contributed by atoms with van der Waals surface area (Å²) in [6.07, 6.45) is 7.69. The maximum Gasteiger partial charge on any atom is 0.187 e. The van der Waals surface area contributed by atoms with Gasteiger partial charge in [0.05, 0.1) is 24.0 Å². The van der Waals surface area contributed by atoms with Crippen LogP contribution in [0.3, 0.4) is 0 Å². The standard InChI is InChI=1S/C24H24F2N6OS/c1-31(2)24-30-23-21(34-24)20(17-6-3-15(25)10-18(17)26)28-22(29-23)13-7-8-33-19(9-13)14-11-27-32(12-14)16-4-5-16/h3,6,10-13,16,19H,4-5,7-9H2,1-2H3/t13-,19-/m1/s1. The molecule has 4 heterocycles. The summed E-state index contributed by atoms with van der Waals surface area (Å²) in [6.45, 7) is 0.575. The maximum absolute atomic E-state index is 14.8. The Labute approximate surface area is 199 Å². The maximum atomic E-state index is 14.8. The lowest BCUT2D eigenvalue weighted by Crippen LogP contribution is -2.20. The summed E-state index contributed by atoms with van der Waals surface area (Å²) in [5.41, 5.74) is 2.29. The predicted molar refractivity (Wildman–Crippen MR) is 126 cm³/mol. The van der Waals surface area contributed by atoms with Gasteiger partial charge in [-0.15, -0.1) is 0 Å². The van der Waals surface area contributed by atoms with Crippen LogP contribution in [0, 0.1) is 11.6 Å². The second kappa shape index (κ2) is 8.35. The molecule has 3 aromatic heterocycles. The number of anilines is 1. The first-order chi connectivity index (χ1) is 16.5. The van der Waals surface area contributed by atoms with Crippen molar-refractivity contribution in [3.8, 4) is 11.3 Å². The summed E-state index contributed by atoms with van der Waals surface area (Å²) < 4.78 is 37.2. The second-order valence-electron chi connectivity index (χ2n) is 9.16. The van der Waals surface area contributed by atoms with E-state index in [2.05, 4.69) is 16.3 Å². The van der Waals surface area contributed by atoms with Gasteiger partial charge in [0.2, 0.25) is 0 Å². The number of hydrogen-bond acceptors (Lipinski definition) is 7. The van der Waals surface area contributed by atoms with Crippen molar-refractivity contribution >= 4 is 26.8 Å². The lowest BCUT2D eigenvalue weighted by molar-refractivity contribution is 0.00396. The molecule has 1 saturated carbocycles. The van der Waals surface area contributed by atoms with Crippen LogP contribution in [0.1, 0.15) is 55.1 Å². The molecule has 0 amide bonds. The van der Waals surface area contributed by atoms with Gasteiger partial charge >= 0.3 is 0 Å². The SMILES string of the molecule is CN(C)c1nc2nc([C@@H]3CCO[C@@H](c4cnn(C5CC5)c4)C3)nc(-c3ccc(F)cc3F)c2s1. The minimum absolute atomic E-state index is 0.0270. The summed E-state index contributed by atoms with van der Waals surface area (Å²) in [5.74, 6) is -0.629. The Morgan fingerprint density at radius 2 is 1.97 bits per heavy atom. The van der Waals surface area contributed by atoms with E-state index in [1.165, 1.54) is 36.3 Å². The number of fused-ring (bicyclic) bond motifs is 1. The van der Waals surface area contributed by atoms with Crippen LogP contribution in [0.4, 0.5) is 13.9 Å². The van der Waals surface area contributed by atoms with Gasteiger partial charge in [0.1, 0.15) is 22.2 Å². The second-order valence-corrected chi connectivity index (χ2v) is 10.1. The smallest absolute Gasteiger partial charge is 0.187 e. The number of benzene rings is 1. The molecular weight excluding hydrogens is 458 g/mol. The van der Waals surface area contributed by atoms with Crippen LogP contribution in [0.2, 0.25) is 0 Å². The van der Waals surface area contributed by atoms with Crippen molar-refractivity contribution in [2.24, 2.45) is 0 Å². The summed E-state index contributed by atoms with van der Waals surface area (Å²) in [4.78, 5) is 16.2. The van der Waals surface area contributed by atoms with Gasteiger partial charge in [-0.2, -0.15) is 10.1 Å². The van der Waals surface area contributed by atoms with Crippen LogP contribution in [0.5, 0.6) is 0 Å². The fourth-order valence-corrected chi connectivity index (χ4v) is 5.32. The number of aromatic nitrogens is 5. The molecule has 7 nitrogen and oxygen atoms in total. The molecule has 2 aliphatic rings. The molecule has 10 heteroatoms. The minimum Gasteiger partial charge on any atom is -0.373 e. The van der Waals surface area contributed by atoms with E-state index in [1.807, 2.05) is 29.9 Å². The van der Waals surface area contributed by atoms with Crippen LogP contribution >= 0.6 is 11.3 Å². The molecule has 34 heavy (non-hydrogen) atoms. The Balaban J connectivity index is 1.39. The molecule has 1 aliphatic heterocycles. The highest BCUT2D eigenvalue weighted by molar-refractivity contribution is 7.22. The molecule has 1 saturated heterocycles. The third-order valence-corrected chi connectivity index (χ3v) is 7.61. The highest BCUT2D eigenvalue weighted by Gasteiger charge is 2.31. The van der Waals surface area contributed by atoms with Gasteiger partial charge in [0.25, 0.3) is 0 Å². The average Bonchev–Trinajstić information content (AvgIpc) is 3.38. The van der Waals surface area contributed by atoms with Crippen LogP contribution in [-0.2, 0) is 4.74 Å². The Hall–Kier alpha value is -2.98. The lowest BCUT2D eigenvalue weighted by Gasteiger charge is -2.28. The Morgan fingerprint density at radius 1 is 1.12 bits per heavy atom. The number of nitrogens with zero attached hydrogens (tertiary/aromatic N) is 6. The van der Waals surface area contributed by atoms with Crippen molar-refractivity contribution in [3.63, 3.8) is 0 Å². The molecule has 6 rings (SSSR count). The van der Waals surface area contributed by atoms with E-state index in [9.17, 15) is 8.78 Å². The van der Waals surface area contributed by atoms with Crippen molar-refractivity contribution in [1.82, 2.24) is 24.7 Å². The molecule has 0 bridgehead atoms. The molecule has 0 radical (unpaired) electrons. The van der Waals surface area contributed by atoms with Crippen LogP contribution < -0.4 is 4.90 Å². The van der Waals surface area contributed by atoms with E-state index in [-0.39, 0.29) is 17.6 Å². The van der Waals surface area contributed by atoms with Crippen molar-refractivity contribution in [2.45, 2.75) is 43.7 Å². The fraction of sp³-hybridized carbons (Fsp3) is 0.417. The van der Waals surface area contributed by atoms with Gasteiger partial charge in [-0.05, 0) is 37.8 Å². The van der Waals surface area contributed by atoms with Crippen molar-refractivity contribution in [3.05, 3.63) is 53.6 Å². The zero-order valence-electron chi connectivity index (χ0n) is 18.9. The van der Waals surface area contributed by atoms with Gasteiger partial charge < -0.3 is 9.64 Å². The van der Waals surface area contributed by atoms with E-state index in [0.29, 0.717) is 40.9 Å². The number of halogens is 2. The zero-order valence-corrected chi connectivity index (χ0v) is 19.7. The summed E-state index contributed by atoms with van der Waals surface area (Å²) in [5, 5.41) is 5.25. The topological polar surface area (TPSA) is 69.0 Å². The zero-order chi connectivity index (χ0) is 23.4. The first-order valence-electron chi connectivity index (χ1n) is 11.4. The number of hydrogen-bond donors (Lipinski definition) is 0. The monoisotopic (exact) mass is 482 g/mol. The minimum atomic E-state index is -0.650. The summed E-state index contributed by atoms with van der Waals surface area (Å²) in [6, 6.07) is 4.09. The average molecular weight is 483 g/mol. The summed E-state index contributed by atoms with van der Waals surface area (Å²) >= 11 is 1.40. The molecule has 1 aliphatic carbocycles. The number of ether oxygens (including phenoxy) is 1. The lowest BCUT2D eigenvalue weighted by atomic mass is 9.92. The first kappa shape index (κ1) is 21.5. The quantitative estimate of drug-likeness (QED) is 0.386. The van der Waals surface area contributed by atoms with E-state index < -0.39 is 11.6 Å². The van der Waals surface area contributed by atoms with E-state index in [4.69, 9.17) is 14.7 Å². The number of thiazole rings is 1. The van der Waals surface area contributed by atoms with Gasteiger partial charge in [-0.3, -0.25) is 4.68 Å². The molecule has 176 valence electrons. The molecule has 1 aromatic carbocycles. The summed E-state index contributed by atoms with van der Waals surface area (Å²) in [7, 11) is 3.80. The van der Waals surface area contributed by atoms with Crippen molar-refractivity contribution in [2.75, 3.05) is 25.6 Å². The number of rotatable bonds is 5. The Morgan fingerprint density at radius 3 is 2.74 bits per heavy atom. The van der Waals surface area contributed by atoms with Crippen molar-refractivity contribution in [1.29, 1.82) is 0 Å². The molecule has 0 spiro atoms. The van der Waals surface area contributed by atoms with Crippen LogP contribution in [0.15, 0.2) is 30.6 Å². The molecule has 2 fully saturated rings. The Bertz CT molecular complexity index is 1370. The Kier molecular flexibility index (Phi) is 5.29. The van der Waals surface area contributed by atoms with E-state index in [1.54, 1.807) is 0 Å². The fourth-order valence-electron chi connectivity index (χ4n) is 4.39. The normalized spacial score (nSPS) is 20.7. The van der Waals surface area contributed by atoms with E-state index >= 15 is 0 Å². The molecule has 0 N–H and O–H groups in total. The third kappa shape index (κ3) is 3.94. The van der Waals surface area contributed by atoms with Gasteiger partial charge in [0, 0.05) is 50.0 Å². The molecule has 4 aromatic rings. The predicted octanol–water partition coefficient (Wildman–Crippen LogP) is 5.26. The first-order valence-corrected chi connectivity index (χ1v) is 12.2. The van der Waals surface area contributed by atoms with Crippen molar-refractivity contribution < 1.29 is 13.5 Å². The molecular formula is C24H24F2N6OS. The highest BCUT2D eigenvalue weighted by atomic mass is 32.1. The molecule has 2 atom stereocenters. The van der Waals surface area contributed by atoms with Gasteiger partial charge in [-0.1, -0.05) is 11.3 Å². The largest absolute Gasteiger partial charge is 0.373 e. The van der Waals surface area contributed by atoms with Crippen LogP contribution in [0.25, 0.3) is 21.6 Å². The highest BCUT2D eigenvalue weighted by Crippen LogP contribution is 2.41.